The zero-order valence-electron chi connectivity index (χ0n) is 9.83. The first kappa shape index (κ1) is 19.1. The molecule has 0 heterocycles. The van der Waals surface area contributed by atoms with Crippen LogP contribution < -0.4 is 0 Å². The van der Waals surface area contributed by atoms with E-state index in [1.165, 1.54) is 0 Å². The summed E-state index contributed by atoms with van der Waals surface area (Å²) in [6.07, 6.45) is 0. The maximum absolute atomic E-state index is 5.96. The van der Waals surface area contributed by atoms with Gasteiger partial charge < -0.3 is 0 Å². The lowest BCUT2D eigenvalue weighted by atomic mass is 10.5. The van der Waals surface area contributed by atoms with Crippen molar-refractivity contribution in [2.45, 2.75) is 5.25 Å². The van der Waals surface area contributed by atoms with E-state index >= 15 is 0 Å². The third kappa shape index (κ3) is 6.36. The topological polar surface area (TPSA) is 0 Å². The summed E-state index contributed by atoms with van der Waals surface area (Å²) in [7, 11) is -2.05. The van der Waals surface area contributed by atoms with Crippen LogP contribution in [0, 0.1) is 0 Å². The van der Waals surface area contributed by atoms with Crippen LogP contribution in [0.3, 0.4) is 0 Å². The molecule has 104 valence electrons. The van der Waals surface area contributed by atoms with E-state index in [1.54, 1.807) is 0 Å². The Morgan fingerprint density at radius 1 is 1.24 bits per heavy atom. The van der Waals surface area contributed by atoms with Crippen LogP contribution in [0.15, 0.2) is 12.0 Å². The molecule has 0 radical (unpaired) electrons. The van der Waals surface area contributed by atoms with Crippen molar-refractivity contribution in [1.82, 2.24) is 0 Å². The van der Waals surface area contributed by atoms with Crippen LogP contribution >= 0.6 is 62.3 Å². The molecule has 0 rings (SSSR count). The maximum Gasteiger partial charge on any atom is 0.0287 e. The summed E-state index contributed by atoms with van der Waals surface area (Å²) < 4.78 is 0. The van der Waals surface area contributed by atoms with E-state index in [-0.39, 0.29) is 0 Å². The highest BCUT2D eigenvalue weighted by Gasteiger charge is 2.30. The third-order valence-corrected chi connectivity index (χ3v) is 13.7. The number of thiol groups is 4. The first-order valence-electron chi connectivity index (χ1n) is 5.28. The second kappa shape index (κ2) is 9.08. The number of hydrogen-bond acceptors (Lipinski definition) is 6. The molecule has 17 heavy (non-hydrogen) atoms. The van der Waals surface area contributed by atoms with Crippen molar-refractivity contribution < 1.29 is 0 Å². The summed E-state index contributed by atoms with van der Waals surface area (Å²) in [5.74, 6) is 5.47. The summed E-state index contributed by atoms with van der Waals surface area (Å²) in [6, 6.07) is 0. The van der Waals surface area contributed by atoms with Crippen molar-refractivity contribution in [3.63, 3.8) is 0 Å². The molecule has 1 atom stereocenters. The van der Waals surface area contributed by atoms with Gasteiger partial charge in [0, 0.05) is 21.8 Å². The number of hydrogen-bond donors (Lipinski definition) is 4. The van der Waals surface area contributed by atoms with E-state index in [4.69, 9.17) is 11.2 Å². The van der Waals surface area contributed by atoms with Gasteiger partial charge in [0.15, 0.2) is 0 Å². The van der Waals surface area contributed by atoms with Gasteiger partial charge in [-0.05, 0) is 28.4 Å². The highest BCUT2D eigenvalue weighted by atomic mass is 32.9. The molecule has 0 aliphatic carbocycles. The van der Waals surface area contributed by atoms with Gasteiger partial charge in [-0.1, -0.05) is 17.8 Å². The van der Waals surface area contributed by atoms with Gasteiger partial charge in [0.1, 0.15) is 0 Å². The van der Waals surface area contributed by atoms with Gasteiger partial charge in [-0.15, -0.1) is 0 Å². The molecule has 1 unspecified atom stereocenters. The fourth-order valence-corrected chi connectivity index (χ4v) is 10.3. The van der Waals surface area contributed by atoms with Gasteiger partial charge in [0.05, 0.1) is 0 Å². The minimum absolute atomic E-state index is 0.468. The van der Waals surface area contributed by atoms with Crippen LogP contribution in [0.25, 0.3) is 0 Å². The van der Waals surface area contributed by atoms with Crippen molar-refractivity contribution in [1.29, 1.82) is 0 Å². The Kier molecular flexibility index (Phi) is 10.2. The van der Waals surface area contributed by atoms with Crippen LogP contribution in [0.1, 0.15) is 0 Å². The summed E-state index contributed by atoms with van der Waals surface area (Å²) in [5, 5.41) is 3.19. The Hall–Kier alpha value is 2.06. The highest BCUT2D eigenvalue weighted by molar-refractivity contribution is 8.56. The molecule has 0 nitrogen and oxygen atoms in total. The van der Waals surface area contributed by atoms with Gasteiger partial charge in [-0.25, -0.2) is 0 Å². The van der Waals surface area contributed by atoms with Crippen LogP contribution in [0.2, 0.25) is 0 Å². The molecule has 0 saturated carbocycles. The van der Waals surface area contributed by atoms with Crippen LogP contribution in [-0.2, 0) is 18.9 Å². The fraction of sp³-hybridized carbons (Fsp3) is 0.800. The standard InChI is InChI=1S/C10H22S7/c1-2-17(15,9-14,6-4-12)8-10(7-13)16-5-3-11/h2,10-14H,1,3-9H2. The summed E-state index contributed by atoms with van der Waals surface area (Å²) in [5.41, 5.74) is 0. The van der Waals surface area contributed by atoms with Gasteiger partial charge in [0.25, 0.3) is 0 Å². The molecule has 0 N–H and O–H groups in total. The molecule has 0 saturated heterocycles. The average molecular weight is 367 g/mol. The van der Waals surface area contributed by atoms with Gasteiger partial charge in [-0.2, -0.15) is 70.0 Å². The second-order valence-corrected chi connectivity index (χ2v) is 14.4. The van der Waals surface area contributed by atoms with Crippen molar-refractivity contribution >= 4 is 81.2 Å². The van der Waals surface area contributed by atoms with Gasteiger partial charge >= 0.3 is 0 Å². The van der Waals surface area contributed by atoms with E-state index in [0.717, 1.165) is 39.6 Å². The van der Waals surface area contributed by atoms with Crippen LogP contribution in [0.5, 0.6) is 0 Å². The van der Waals surface area contributed by atoms with E-state index in [1.807, 2.05) is 17.2 Å². The zero-order chi connectivity index (χ0) is 13.4. The molecule has 0 aliphatic rings. The van der Waals surface area contributed by atoms with E-state index in [2.05, 4.69) is 57.1 Å². The summed E-state index contributed by atoms with van der Waals surface area (Å²) in [6.45, 7) is 3.97. The maximum atomic E-state index is 5.96. The molecular weight excluding hydrogens is 345 g/mol. The summed E-state index contributed by atoms with van der Waals surface area (Å²) in [4.78, 5) is 0. The fourth-order valence-electron chi connectivity index (χ4n) is 1.44. The Morgan fingerprint density at radius 3 is 2.24 bits per heavy atom. The lowest BCUT2D eigenvalue weighted by Crippen LogP contribution is -2.43. The smallest absolute Gasteiger partial charge is 0.0287 e. The molecule has 0 aromatic carbocycles. The van der Waals surface area contributed by atoms with Crippen molar-refractivity contribution in [3.05, 3.63) is 12.0 Å². The van der Waals surface area contributed by atoms with E-state index < -0.39 is 7.72 Å². The predicted molar refractivity (Wildman–Crippen MR) is 106 cm³/mol. The SMILES string of the molecule is C=CS(=S)(CS)(CCS)CC(CS)SCCS. The minimum atomic E-state index is -2.05. The van der Waals surface area contributed by atoms with Crippen LogP contribution in [0.4, 0.5) is 0 Å². The quantitative estimate of drug-likeness (QED) is 0.439. The second-order valence-electron chi connectivity index (χ2n) is 3.85. The van der Waals surface area contributed by atoms with E-state index in [9.17, 15) is 0 Å². The molecule has 0 aromatic rings. The highest BCUT2D eigenvalue weighted by Crippen LogP contribution is 2.34. The van der Waals surface area contributed by atoms with Crippen molar-refractivity contribution in [2.75, 3.05) is 39.6 Å². The average Bonchev–Trinajstić information content (AvgIpc) is 2.35. The molecule has 0 amide bonds. The Morgan fingerprint density at radius 2 is 1.88 bits per heavy atom. The molecule has 0 spiro atoms. The lowest BCUT2D eigenvalue weighted by Gasteiger charge is -2.43. The third-order valence-electron chi connectivity index (χ3n) is 2.55. The molecule has 0 aromatic heterocycles. The predicted octanol–water partition coefficient (Wildman–Crippen LogP) is 3.06. The monoisotopic (exact) mass is 366 g/mol. The molecule has 7 heteroatoms. The van der Waals surface area contributed by atoms with Gasteiger partial charge in [-0.3, -0.25) is 0 Å². The molecule has 0 fully saturated rings. The van der Waals surface area contributed by atoms with Gasteiger partial charge in [0.2, 0.25) is 0 Å². The first-order valence-corrected chi connectivity index (χ1v) is 12.4. The normalized spacial score (nSPS) is 16.1. The largest absolute Gasteiger partial charge is 0.179 e. The number of rotatable bonds is 10. The molecule has 0 bridgehead atoms. The lowest BCUT2D eigenvalue weighted by molar-refractivity contribution is 1.13. The van der Waals surface area contributed by atoms with Crippen LogP contribution in [-0.4, -0.2) is 44.9 Å². The van der Waals surface area contributed by atoms with E-state index in [0.29, 0.717) is 5.25 Å². The Labute approximate surface area is 137 Å². The Balaban J connectivity index is 4.84. The first-order chi connectivity index (χ1) is 7.97. The molecule has 0 aliphatic heterocycles. The van der Waals surface area contributed by atoms with Crippen molar-refractivity contribution in [3.8, 4) is 0 Å². The Bertz CT molecular complexity index is 288. The minimum Gasteiger partial charge on any atom is -0.179 e. The summed E-state index contributed by atoms with van der Waals surface area (Å²) >= 11 is 25.4. The zero-order valence-corrected chi connectivity index (χ0v) is 15.9. The van der Waals surface area contributed by atoms with Crippen molar-refractivity contribution in [2.24, 2.45) is 0 Å². The molecular formula is C10H22S7. The number of thioether (sulfide) groups is 1.